The van der Waals surface area contributed by atoms with E-state index in [1.165, 1.54) is 24.5 Å². The number of furan rings is 1. The molecule has 8 heteroatoms. The first-order valence-corrected chi connectivity index (χ1v) is 10.8. The Balaban J connectivity index is 1.63. The molecule has 0 saturated heterocycles. The molecule has 0 saturated carbocycles. The Labute approximate surface area is 175 Å². The molecule has 1 atom stereocenters. The number of carbonyl (C=O) groups excluding carboxylic acids is 1. The van der Waals surface area contributed by atoms with Gasteiger partial charge in [0.1, 0.15) is 11.7 Å². The minimum absolute atomic E-state index is 0.00430. The van der Waals surface area contributed by atoms with Crippen LogP contribution in [0.1, 0.15) is 17.7 Å². The van der Waals surface area contributed by atoms with Gasteiger partial charge in [0.05, 0.1) is 23.8 Å². The third-order valence-electron chi connectivity index (χ3n) is 4.47. The van der Waals surface area contributed by atoms with Crippen molar-refractivity contribution in [2.75, 3.05) is 5.32 Å². The highest BCUT2D eigenvalue weighted by molar-refractivity contribution is 7.89. The van der Waals surface area contributed by atoms with Gasteiger partial charge < -0.3 is 9.73 Å². The number of carbonyl (C=O) groups is 1. The smallest absolute Gasteiger partial charge is 0.241 e. The lowest BCUT2D eigenvalue weighted by atomic mass is 10.00. The number of aryl methyl sites for hydroxylation is 1. The third kappa shape index (κ3) is 5.80. The monoisotopic (exact) mass is 423 g/mol. The van der Waals surface area contributed by atoms with Crippen molar-refractivity contribution in [3.63, 3.8) is 0 Å². The molecule has 2 aromatic carbocycles. The molecule has 0 unspecified atom stereocenters. The molecule has 2 N–H and O–H groups in total. The fourth-order valence-corrected chi connectivity index (χ4v) is 3.88. The van der Waals surface area contributed by atoms with E-state index in [4.69, 9.17) is 4.42 Å². The first-order chi connectivity index (χ1) is 14.5. The number of nitrogens with zero attached hydrogens (tertiary/aromatic N) is 1. The lowest BCUT2D eigenvalue weighted by Crippen LogP contribution is -2.24. The summed E-state index contributed by atoms with van der Waals surface area (Å²) in [5.41, 5.74) is 1.35. The lowest BCUT2D eigenvalue weighted by molar-refractivity contribution is -0.118. The molecule has 154 valence electrons. The van der Waals surface area contributed by atoms with Crippen molar-refractivity contribution in [3.05, 3.63) is 84.3 Å². The summed E-state index contributed by atoms with van der Waals surface area (Å²) < 4.78 is 32.6. The molecule has 0 aliphatic heterocycles. The van der Waals surface area contributed by atoms with Crippen LogP contribution < -0.4 is 10.0 Å². The number of anilines is 1. The number of benzene rings is 2. The first kappa shape index (κ1) is 21.3. The van der Waals surface area contributed by atoms with Gasteiger partial charge in [0.2, 0.25) is 15.9 Å². The van der Waals surface area contributed by atoms with E-state index < -0.39 is 21.8 Å². The molecule has 1 amide bonds. The summed E-state index contributed by atoms with van der Waals surface area (Å²) in [6, 6.07) is 20.8. The lowest BCUT2D eigenvalue weighted by Gasteiger charge is -2.12. The van der Waals surface area contributed by atoms with Crippen LogP contribution in [0, 0.1) is 17.2 Å². The van der Waals surface area contributed by atoms with Crippen molar-refractivity contribution in [2.45, 2.75) is 24.3 Å². The van der Waals surface area contributed by atoms with E-state index in [0.29, 0.717) is 24.3 Å². The maximum absolute atomic E-state index is 12.5. The Morgan fingerprint density at radius 3 is 2.57 bits per heavy atom. The van der Waals surface area contributed by atoms with Crippen molar-refractivity contribution in [3.8, 4) is 6.07 Å². The molecule has 1 heterocycles. The van der Waals surface area contributed by atoms with Crippen molar-refractivity contribution in [1.82, 2.24) is 4.72 Å². The molecule has 0 spiro atoms. The number of hydrogen-bond acceptors (Lipinski definition) is 5. The average Bonchev–Trinajstić information content (AvgIpc) is 3.28. The van der Waals surface area contributed by atoms with Crippen molar-refractivity contribution < 1.29 is 17.6 Å². The Kier molecular flexibility index (Phi) is 7.01. The van der Waals surface area contributed by atoms with Gasteiger partial charge in [0.15, 0.2) is 0 Å². The van der Waals surface area contributed by atoms with Crippen LogP contribution in [0.4, 0.5) is 5.69 Å². The van der Waals surface area contributed by atoms with Crippen LogP contribution in [0.5, 0.6) is 0 Å². The molecule has 3 aromatic rings. The molecule has 7 nitrogen and oxygen atoms in total. The topological polar surface area (TPSA) is 112 Å². The molecule has 0 aliphatic rings. The Hall–Kier alpha value is -3.41. The summed E-state index contributed by atoms with van der Waals surface area (Å²) in [5.74, 6) is -0.826. The van der Waals surface area contributed by atoms with E-state index in [1.54, 1.807) is 18.2 Å². The number of rotatable bonds is 9. The summed E-state index contributed by atoms with van der Waals surface area (Å²) in [6.07, 6.45) is 2.43. The number of sulfonamides is 1. The van der Waals surface area contributed by atoms with Crippen molar-refractivity contribution in [2.24, 2.45) is 5.92 Å². The highest BCUT2D eigenvalue weighted by atomic mass is 32.2. The van der Waals surface area contributed by atoms with Gasteiger partial charge >= 0.3 is 0 Å². The standard InChI is InChI=1S/C22H21N3O4S/c23-15-18(12-11-17-6-2-1-3-7-17)22(26)25-19-8-4-10-21(14-19)30(27,28)24-16-20-9-5-13-29-20/h1-10,13-14,18,24H,11-12,16H2,(H,25,26)/t18-/m1/s1. The quantitative estimate of drug-likeness (QED) is 0.547. The van der Waals surface area contributed by atoms with E-state index in [0.717, 1.165) is 5.56 Å². The predicted octanol–water partition coefficient (Wildman–Crippen LogP) is 3.47. The Morgan fingerprint density at radius 1 is 1.07 bits per heavy atom. The van der Waals surface area contributed by atoms with Gasteiger partial charge in [-0.3, -0.25) is 4.79 Å². The summed E-state index contributed by atoms with van der Waals surface area (Å²) >= 11 is 0. The van der Waals surface area contributed by atoms with Crippen LogP contribution >= 0.6 is 0 Å². The number of hydrogen-bond donors (Lipinski definition) is 2. The highest BCUT2D eigenvalue weighted by Crippen LogP contribution is 2.18. The van der Waals surface area contributed by atoms with E-state index in [-0.39, 0.29) is 11.4 Å². The first-order valence-electron chi connectivity index (χ1n) is 9.34. The number of nitrogens with one attached hydrogen (secondary N) is 2. The second-order valence-electron chi connectivity index (χ2n) is 6.63. The second-order valence-corrected chi connectivity index (χ2v) is 8.39. The molecular weight excluding hydrogens is 402 g/mol. The summed E-state index contributed by atoms with van der Waals surface area (Å²) in [7, 11) is -3.79. The SMILES string of the molecule is N#C[C@@H](CCc1ccccc1)C(=O)Nc1cccc(S(=O)(=O)NCc2ccco2)c1. The zero-order chi connectivity index (χ0) is 21.4. The zero-order valence-corrected chi connectivity index (χ0v) is 16.9. The maximum Gasteiger partial charge on any atom is 0.241 e. The average molecular weight is 423 g/mol. The third-order valence-corrected chi connectivity index (χ3v) is 5.86. The summed E-state index contributed by atoms with van der Waals surface area (Å²) in [4.78, 5) is 12.5. The molecule has 1 aromatic heterocycles. The van der Waals surface area contributed by atoms with Gasteiger partial charge in [-0.15, -0.1) is 0 Å². The molecule has 0 aliphatic carbocycles. The predicted molar refractivity (Wildman–Crippen MR) is 112 cm³/mol. The van der Waals surface area contributed by atoms with Gasteiger partial charge in [-0.2, -0.15) is 5.26 Å². The van der Waals surface area contributed by atoms with Gasteiger partial charge in [0.25, 0.3) is 0 Å². The van der Waals surface area contributed by atoms with Crippen LogP contribution in [-0.4, -0.2) is 14.3 Å². The van der Waals surface area contributed by atoms with Crippen LogP contribution in [0.2, 0.25) is 0 Å². The molecule has 3 rings (SSSR count). The highest BCUT2D eigenvalue weighted by Gasteiger charge is 2.20. The van der Waals surface area contributed by atoms with Crippen molar-refractivity contribution >= 4 is 21.6 Å². The van der Waals surface area contributed by atoms with Crippen LogP contribution in [0.15, 0.2) is 82.3 Å². The van der Waals surface area contributed by atoms with Gasteiger partial charge in [-0.05, 0) is 48.7 Å². The summed E-state index contributed by atoms with van der Waals surface area (Å²) in [5, 5.41) is 12.0. The van der Waals surface area contributed by atoms with E-state index in [2.05, 4.69) is 10.0 Å². The maximum atomic E-state index is 12.5. The molecular formula is C22H21N3O4S. The largest absolute Gasteiger partial charge is 0.468 e. The molecule has 0 bridgehead atoms. The normalized spacial score (nSPS) is 12.1. The fraction of sp³-hybridized carbons (Fsp3) is 0.182. The Bertz CT molecular complexity index is 1120. The van der Waals surface area contributed by atoms with Gasteiger partial charge in [-0.25, -0.2) is 13.1 Å². The van der Waals surface area contributed by atoms with Gasteiger partial charge in [-0.1, -0.05) is 36.4 Å². The van der Waals surface area contributed by atoms with Crippen molar-refractivity contribution in [1.29, 1.82) is 5.26 Å². The number of amides is 1. The van der Waals surface area contributed by atoms with Gasteiger partial charge in [0, 0.05) is 5.69 Å². The van der Waals surface area contributed by atoms with E-state index >= 15 is 0 Å². The molecule has 0 radical (unpaired) electrons. The Morgan fingerprint density at radius 2 is 1.87 bits per heavy atom. The second kappa shape index (κ2) is 9.87. The zero-order valence-electron chi connectivity index (χ0n) is 16.1. The fourth-order valence-electron chi connectivity index (χ4n) is 2.84. The van der Waals surface area contributed by atoms with Crippen LogP contribution in [0.25, 0.3) is 0 Å². The van der Waals surface area contributed by atoms with E-state index in [1.807, 2.05) is 36.4 Å². The molecule has 0 fully saturated rings. The van der Waals surface area contributed by atoms with Crippen LogP contribution in [-0.2, 0) is 27.8 Å². The molecule has 30 heavy (non-hydrogen) atoms. The van der Waals surface area contributed by atoms with Crippen LogP contribution in [0.3, 0.4) is 0 Å². The minimum atomic E-state index is -3.79. The number of nitriles is 1. The minimum Gasteiger partial charge on any atom is -0.468 e. The summed E-state index contributed by atoms with van der Waals surface area (Å²) in [6.45, 7) is 0.0158. The van der Waals surface area contributed by atoms with E-state index in [9.17, 15) is 18.5 Å².